The molecule has 210 valence electrons. The number of anilines is 1. The first-order valence-corrected chi connectivity index (χ1v) is 13.5. The van der Waals surface area contributed by atoms with Gasteiger partial charge in [-0.05, 0) is 69.9 Å². The Morgan fingerprint density at radius 3 is 2.52 bits per heavy atom. The molecular weight excluding hydrogens is 506 g/mol. The van der Waals surface area contributed by atoms with Crippen molar-refractivity contribution in [2.45, 2.75) is 64.6 Å². The minimum absolute atomic E-state index is 0.0943. The summed E-state index contributed by atoms with van der Waals surface area (Å²) in [5.74, 6) is -0.0166. The van der Waals surface area contributed by atoms with E-state index in [1.165, 1.54) is 0 Å². The molecule has 1 aromatic heterocycles. The maximum absolute atomic E-state index is 12.5. The number of nitrogens with zero attached hydrogens (tertiary/aromatic N) is 1. The normalized spacial score (nSPS) is 16.9. The van der Waals surface area contributed by atoms with E-state index in [9.17, 15) is 9.59 Å². The lowest BCUT2D eigenvalue weighted by atomic mass is 9.91. The van der Waals surface area contributed by atoms with E-state index in [-0.39, 0.29) is 24.4 Å². The highest BCUT2D eigenvalue weighted by molar-refractivity contribution is 6.04. The molecule has 2 aliphatic rings. The summed E-state index contributed by atoms with van der Waals surface area (Å²) < 4.78 is 11.4. The van der Waals surface area contributed by atoms with Crippen LogP contribution in [0.3, 0.4) is 0 Å². The van der Waals surface area contributed by atoms with Gasteiger partial charge < -0.3 is 26.3 Å². The van der Waals surface area contributed by atoms with Crippen LogP contribution in [0.1, 0.15) is 74.5 Å². The Labute approximate surface area is 234 Å². The molecule has 4 rings (SSSR count). The van der Waals surface area contributed by atoms with Crippen molar-refractivity contribution < 1.29 is 19.1 Å². The third-order valence-corrected chi connectivity index (χ3v) is 6.54. The average molecular weight is 544 g/mol. The number of carbonyl (C=O) groups excluding carboxylic acids is 2. The number of nitrogens with two attached hydrogens (primary N) is 2. The first-order chi connectivity index (χ1) is 19.0. The van der Waals surface area contributed by atoms with E-state index in [2.05, 4.69) is 17.5 Å². The first-order valence-electron chi connectivity index (χ1n) is 13.5. The molecule has 0 saturated carbocycles. The van der Waals surface area contributed by atoms with Crippen LogP contribution in [0.2, 0.25) is 0 Å². The van der Waals surface area contributed by atoms with Crippen molar-refractivity contribution >= 4 is 29.0 Å². The fourth-order valence-corrected chi connectivity index (χ4v) is 4.68. The van der Waals surface area contributed by atoms with Crippen LogP contribution in [0.15, 0.2) is 60.4 Å². The van der Waals surface area contributed by atoms with Crippen LogP contribution >= 0.6 is 0 Å². The fraction of sp³-hybridized carbons (Fsp3) is 0.355. The summed E-state index contributed by atoms with van der Waals surface area (Å²) in [5.41, 5.74) is 15.8. The van der Waals surface area contributed by atoms with Gasteiger partial charge in [0.15, 0.2) is 0 Å². The van der Waals surface area contributed by atoms with Gasteiger partial charge in [-0.1, -0.05) is 30.4 Å². The van der Waals surface area contributed by atoms with E-state index >= 15 is 0 Å². The molecular formula is C31H37N5O4. The number of allylic oxidation sites excluding steroid dienone is 5. The number of hydrogen-bond acceptors (Lipinski definition) is 7. The molecule has 40 heavy (non-hydrogen) atoms. The quantitative estimate of drug-likeness (QED) is 0.210. The van der Waals surface area contributed by atoms with E-state index in [4.69, 9.17) is 31.3 Å². The molecule has 1 heterocycles. The largest absolute Gasteiger partial charge is 0.494 e. The van der Waals surface area contributed by atoms with Gasteiger partial charge >= 0.3 is 5.97 Å². The van der Waals surface area contributed by atoms with Crippen molar-refractivity contribution in [2.24, 2.45) is 5.73 Å². The lowest BCUT2D eigenvalue weighted by Crippen LogP contribution is -2.34. The van der Waals surface area contributed by atoms with Gasteiger partial charge in [0.2, 0.25) is 0 Å². The molecule has 0 radical (unpaired) electrons. The molecule has 2 aliphatic carbocycles. The fourth-order valence-electron chi connectivity index (χ4n) is 4.68. The monoisotopic (exact) mass is 543 g/mol. The standard InChI is InChI=1S/C31H37N5O4/c1-31(2,3)40-26(37)18-35-30(38)21-11-9-19(10-12-21)25-17-24(32)27(29(33)34)28(36-25)20-13-15-23(16-14-20)39-22-7-5-4-6-8-22/h4-5,7,9-13,17,23H,6,8,14-16,18H2,1-3H3,(H2,32,36)(H3,33,34)(H,35,38). The summed E-state index contributed by atoms with van der Waals surface area (Å²) in [4.78, 5) is 29.3. The molecule has 1 unspecified atom stereocenters. The number of nitrogen functional groups attached to an aromatic ring is 2. The lowest BCUT2D eigenvalue weighted by Gasteiger charge is -2.26. The number of carbonyl (C=O) groups is 2. The Morgan fingerprint density at radius 1 is 1.18 bits per heavy atom. The Hall–Kier alpha value is -4.40. The summed E-state index contributed by atoms with van der Waals surface area (Å²) in [5, 5.41) is 10.7. The number of benzene rings is 1. The molecule has 0 bridgehead atoms. The summed E-state index contributed by atoms with van der Waals surface area (Å²) in [6.45, 7) is 5.09. The lowest BCUT2D eigenvalue weighted by molar-refractivity contribution is -0.153. The minimum Gasteiger partial charge on any atom is -0.494 e. The summed E-state index contributed by atoms with van der Waals surface area (Å²) in [7, 11) is 0. The second kappa shape index (κ2) is 12.2. The number of pyridine rings is 1. The van der Waals surface area contributed by atoms with E-state index in [1.54, 1.807) is 51.1 Å². The van der Waals surface area contributed by atoms with Crippen LogP contribution in [0.5, 0.6) is 0 Å². The van der Waals surface area contributed by atoms with Crippen LogP contribution in [0.4, 0.5) is 5.69 Å². The molecule has 0 saturated heterocycles. The highest BCUT2D eigenvalue weighted by atomic mass is 16.6. The summed E-state index contributed by atoms with van der Waals surface area (Å²) in [6.07, 6.45) is 12.6. The predicted octanol–water partition coefficient (Wildman–Crippen LogP) is 4.87. The molecule has 0 aliphatic heterocycles. The van der Waals surface area contributed by atoms with Crippen LogP contribution in [-0.2, 0) is 14.3 Å². The molecule has 1 amide bonds. The topological polar surface area (TPSA) is 153 Å². The molecule has 9 nitrogen and oxygen atoms in total. The van der Waals surface area contributed by atoms with Gasteiger partial charge in [0.05, 0.1) is 22.7 Å². The zero-order chi connectivity index (χ0) is 28.9. The number of esters is 1. The number of rotatable bonds is 8. The summed E-state index contributed by atoms with van der Waals surface area (Å²) >= 11 is 0. The molecule has 0 fully saturated rings. The number of nitrogens with one attached hydrogen (secondary N) is 2. The van der Waals surface area contributed by atoms with Gasteiger partial charge in [-0.25, -0.2) is 4.98 Å². The van der Waals surface area contributed by atoms with Gasteiger partial charge in [0.1, 0.15) is 24.1 Å². The van der Waals surface area contributed by atoms with Gasteiger partial charge in [0, 0.05) is 29.7 Å². The number of aromatic nitrogens is 1. The number of amidine groups is 1. The van der Waals surface area contributed by atoms with E-state index < -0.39 is 11.6 Å². The molecule has 0 spiro atoms. The van der Waals surface area contributed by atoms with Crippen molar-refractivity contribution in [3.05, 3.63) is 77.2 Å². The third kappa shape index (κ3) is 7.37. The Morgan fingerprint density at radius 2 is 1.93 bits per heavy atom. The minimum atomic E-state index is -0.622. The van der Waals surface area contributed by atoms with Crippen LogP contribution < -0.4 is 16.8 Å². The van der Waals surface area contributed by atoms with Crippen molar-refractivity contribution in [3.63, 3.8) is 0 Å². The van der Waals surface area contributed by atoms with Gasteiger partial charge in [-0.2, -0.15) is 0 Å². The second-order valence-corrected chi connectivity index (χ2v) is 10.9. The van der Waals surface area contributed by atoms with Crippen molar-refractivity contribution in [1.82, 2.24) is 10.3 Å². The highest BCUT2D eigenvalue weighted by Crippen LogP contribution is 2.34. The van der Waals surface area contributed by atoms with Crippen LogP contribution in [0, 0.1) is 5.41 Å². The second-order valence-electron chi connectivity index (χ2n) is 10.9. The van der Waals surface area contributed by atoms with Crippen molar-refractivity contribution in [3.8, 4) is 11.3 Å². The van der Waals surface area contributed by atoms with Crippen molar-refractivity contribution in [2.75, 3.05) is 12.3 Å². The number of amides is 1. The zero-order valence-corrected chi connectivity index (χ0v) is 23.3. The molecule has 2 aromatic rings. The van der Waals surface area contributed by atoms with Gasteiger partial charge in [0.25, 0.3) is 5.91 Å². The molecule has 6 N–H and O–H groups in total. The Balaban J connectivity index is 1.50. The van der Waals surface area contributed by atoms with E-state index in [0.29, 0.717) is 28.2 Å². The Kier molecular flexibility index (Phi) is 8.72. The number of hydrogen-bond donors (Lipinski definition) is 4. The van der Waals surface area contributed by atoms with Crippen LogP contribution in [0.25, 0.3) is 16.8 Å². The highest BCUT2D eigenvalue weighted by Gasteiger charge is 2.23. The Bertz CT molecular complexity index is 1380. The molecule has 1 aromatic carbocycles. The third-order valence-electron chi connectivity index (χ3n) is 6.54. The smallest absolute Gasteiger partial charge is 0.325 e. The van der Waals surface area contributed by atoms with E-state index in [0.717, 1.165) is 49.0 Å². The maximum Gasteiger partial charge on any atom is 0.325 e. The zero-order valence-electron chi connectivity index (χ0n) is 23.3. The van der Waals surface area contributed by atoms with E-state index in [1.807, 2.05) is 12.2 Å². The SMILES string of the molecule is CC(C)(C)OC(=O)CNC(=O)c1ccc(-c2cc(N)c(C(=N)N)c(C3=CCC(OC4=CC=CCC4)CC3)n2)cc1. The predicted molar refractivity (Wildman–Crippen MR) is 156 cm³/mol. The average Bonchev–Trinajstić information content (AvgIpc) is 2.91. The van der Waals surface area contributed by atoms with Gasteiger partial charge in [-0.3, -0.25) is 15.0 Å². The molecule has 9 heteroatoms. The number of ether oxygens (including phenoxy) is 2. The molecule has 1 atom stereocenters. The van der Waals surface area contributed by atoms with Gasteiger partial charge in [-0.15, -0.1) is 0 Å². The first kappa shape index (κ1) is 28.6. The van der Waals surface area contributed by atoms with Crippen LogP contribution in [-0.4, -0.2) is 40.9 Å². The summed E-state index contributed by atoms with van der Waals surface area (Å²) in [6, 6.07) is 8.55. The maximum atomic E-state index is 12.5. The van der Waals surface area contributed by atoms with Crippen molar-refractivity contribution in [1.29, 1.82) is 5.41 Å².